The quantitative estimate of drug-likeness (QED) is 0.783. The molecule has 2 aromatic rings. The summed E-state index contributed by atoms with van der Waals surface area (Å²) in [5.74, 6) is 0.944. The Morgan fingerprint density at radius 3 is 2.79 bits per heavy atom. The largest absolute Gasteiger partial charge is 0.394 e. The Kier molecular flexibility index (Phi) is 4.24. The minimum atomic E-state index is -0.163. The predicted octanol–water partition coefficient (Wildman–Crippen LogP) is 1.82. The van der Waals surface area contributed by atoms with Gasteiger partial charge in [-0.1, -0.05) is 19.3 Å². The van der Waals surface area contributed by atoms with E-state index in [0.29, 0.717) is 17.5 Å². The van der Waals surface area contributed by atoms with Gasteiger partial charge in [-0.2, -0.15) is 9.97 Å². The molecular formula is C16H24N6O2. The van der Waals surface area contributed by atoms with Crippen molar-refractivity contribution in [1.82, 2.24) is 19.5 Å². The van der Waals surface area contributed by atoms with Crippen molar-refractivity contribution in [2.45, 2.75) is 63.3 Å². The second-order valence-electron chi connectivity index (χ2n) is 6.71. The third kappa shape index (κ3) is 2.91. The highest BCUT2D eigenvalue weighted by Crippen LogP contribution is 2.32. The van der Waals surface area contributed by atoms with Crippen molar-refractivity contribution in [1.29, 1.82) is 0 Å². The lowest BCUT2D eigenvalue weighted by molar-refractivity contribution is -0.0207. The number of nitrogens with zero attached hydrogens (tertiary/aromatic N) is 4. The first-order valence-electron chi connectivity index (χ1n) is 8.77. The topological polar surface area (TPSA) is 111 Å². The molecule has 1 saturated carbocycles. The number of nitrogens with one attached hydrogen (secondary N) is 1. The van der Waals surface area contributed by atoms with Crippen LogP contribution in [0.15, 0.2) is 6.33 Å². The average molecular weight is 332 g/mol. The molecule has 1 saturated heterocycles. The van der Waals surface area contributed by atoms with E-state index < -0.39 is 0 Å². The van der Waals surface area contributed by atoms with E-state index in [0.717, 1.165) is 31.2 Å². The van der Waals surface area contributed by atoms with E-state index in [9.17, 15) is 5.11 Å². The number of fused-ring (bicyclic) bond motifs is 1. The van der Waals surface area contributed by atoms with Crippen LogP contribution >= 0.6 is 0 Å². The molecule has 0 spiro atoms. The number of anilines is 2. The van der Waals surface area contributed by atoms with Gasteiger partial charge in [0.25, 0.3) is 0 Å². The van der Waals surface area contributed by atoms with E-state index in [2.05, 4.69) is 20.3 Å². The number of nitrogen functional groups attached to an aromatic ring is 1. The van der Waals surface area contributed by atoms with E-state index >= 15 is 0 Å². The molecule has 8 nitrogen and oxygen atoms in total. The molecule has 130 valence electrons. The van der Waals surface area contributed by atoms with Gasteiger partial charge < -0.3 is 20.9 Å². The highest BCUT2D eigenvalue weighted by molar-refractivity contribution is 5.84. The lowest BCUT2D eigenvalue weighted by Gasteiger charge is -2.23. The van der Waals surface area contributed by atoms with Crippen LogP contribution in [0.1, 0.15) is 51.2 Å². The summed E-state index contributed by atoms with van der Waals surface area (Å²) in [6, 6.07) is 0.419. The molecule has 0 amide bonds. The number of hydrogen-bond acceptors (Lipinski definition) is 7. The molecule has 0 aromatic carbocycles. The number of aliphatic hydroxyl groups excluding tert-OH is 1. The normalized spacial score (nSPS) is 25.4. The molecule has 8 heteroatoms. The molecule has 0 bridgehead atoms. The number of nitrogens with two attached hydrogens (primary N) is 1. The van der Waals surface area contributed by atoms with E-state index in [-0.39, 0.29) is 24.9 Å². The third-order valence-electron chi connectivity index (χ3n) is 4.98. The molecule has 24 heavy (non-hydrogen) atoms. The van der Waals surface area contributed by atoms with Crippen molar-refractivity contribution >= 4 is 22.9 Å². The van der Waals surface area contributed by atoms with Gasteiger partial charge in [-0.05, 0) is 25.7 Å². The Hall–Kier alpha value is -1.93. The SMILES string of the molecule is Nc1nc(NC2CCCCC2)c2ncn([C@H]3CC[C@@H](CO)O3)c2n1. The van der Waals surface area contributed by atoms with E-state index in [4.69, 9.17) is 10.5 Å². The van der Waals surface area contributed by atoms with E-state index in [1.165, 1.54) is 19.3 Å². The van der Waals surface area contributed by atoms with E-state index in [1.807, 2.05) is 4.57 Å². The second kappa shape index (κ2) is 6.52. The zero-order valence-electron chi connectivity index (χ0n) is 13.7. The van der Waals surface area contributed by atoms with Crippen molar-refractivity contribution in [3.8, 4) is 0 Å². The number of aromatic nitrogens is 4. The molecule has 4 N–H and O–H groups in total. The van der Waals surface area contributed by atoms with E-state index in [1.54, 1.807) is 6.33 Å². The van der Waals surface area contributed by atoms with Crippen molar-refractivity contribution in [3.05, 3.63) is 6.33 Å². The van der Waals surface area contributed by atoms with Crippen molar-refractivity contribution < 1.29 is 9.84 Å². The maximum Gasteiger partial charge on any atom is 0.224 e. The van der Waals surface area contributed by atoms with Crippen LogP contribution in [0.4, 0.5) is 11.8 Å². The van der Waals surface area contributed by atoms with Crippen LogP contribution in [-0.4, -0.2) is 43.4 Å². The average Bonchev–Trinajstić information content (AvgIpc) is 3.22. The van der Waals surface area contributed by atoms with Crippen molar-refractivity contribution in [2.24, 2.45) is 0 Å². The smallest absolute Gasteiger partial charge is 0.224 e. The molecule has 2 fully saturated rings. The molecule has 4 rings (SSSR count). The van der Waals surface area contributed by atoms with Crippen LogP contribution in [0.5, 0.6) is 0 Å². The van der Waals surface area contributed by atoms with Gasteiger partial charge >= 0.3 is 0 Å². The highest BCUT2D eigenvalue weighted by Gasteiger charge is 2.28. The first-order valence-corrected chi connectivity index (χ1v) is 8.77. The molecule has 1 aliphatic heterocycles. The number of rotatable bonds is 4. The van der Waals surface area contributed by atoms with Crippen LogP contribution in [0, 0.1) is 0 Å². The first kappa shape index (κ1) is 15.6. The van der Waals surface area contributed by atoms with Crippen molar-refractivity contribution in [3.63, 3.8) is 0 Å². The van der Waals surface area contributed by atoms with Crippen LogP contribution < -0.4 is 11.1 Å². The van der Waals surface area contributed by atoms with Gasteiger partial charge in [0.1, 0.15) is 6.23 Å². The fourth-order valence-corrected chi connectivity index (χ4v) is 3.71. The van der Waals surface area contributed by atoms with Crippen LogP contribution in [0.3, 0.4) is 0 Å². The minimum absolute atomic E-state index is 0.0364. The van der Waals surface area contributed by atoms with Crippen LogP contribution in [-0.2, 0) is 4.74 Å². The molecule has 0 radical (unpaired) electrons. The van der Waals surface area contributed by atoms with Crippen LogP contribution in [0.2, 0.25) is 0 Å². The molecule has 0 unspecified atom stereocenters. The molecule has 2 aromatic heterocycles. The number of ether oxygens (including phenoxy) is 1. The van der Waals surface area contributed by atoms with Gasteiger partial charge in [0.2, 0.25) is 5.95 Å². The fraction of sp³-hybridized carbons (Fsp3) is 0.688. The van der Waals surface area contributed by atoms with Crippen molar-refractivity contribution in [2.75, 3.05) is 17.7 Å². The summed E-state index contributed by atoms with van der Waals surface area (Å²) in [4.78, 5) is 13.2. The van der Waals surface area contributed by atoms with Gasteiger partial charge in [-0.25, -0.2) is 4.98 Å². The summed E-state index contributed by atoms with van der Waals surface area (Å²) in [6.07, 6.45) is 9.19. The summed E-state index contributed by atoms with van der Waals surface area (Å²) in [5.41, 5.74) is 7.34. The zero-order chi connectivity index (χ0) is 16.5. The maximum absolute atomic E-state index is 9.26. The summed E-state index contributed by atoms with van der Waals surface area (Å²) < 4.78 is 7.74. The van der Waals surface area contributed by atoms with Gasteiger partial charge in [-0.15, -0.1) is 0 Å². The first-order chi connectivity index (χ1) is 11.7. The Bertz CT molecular complexity index is 712. The summed E-state index contributed by atoms with van der Waals surface area (Å²) >= 11 is 0. The summed E-state index contributed by atoms with van der Waals surface area (Å²) in [7, 11) is 0. The molecule has 2 aliphatic rings. The number of hydrogen-bond donors (Lipinski definition) is 3. The summed E-state index contributed by atoms with van der Waals surface area (Å²) in [6.45, 7) is 0.0364. The zero-order valence-corrected chi connectivity index (χ0v) is 13.7. The van der Waals surface area contributed by atoms with Gasteiger partial charge in [0, 0.05) is 6.04 Å². The highest BCUT2D eigenvalue weighted by atomic mass is 16.5. The monoisotopic (exact) mass is 332 g/mol. The van der Waals surface area contributed by atoms with Crippen LogP contribution in [0.25, 0.3) is 11.2 Å². The van der Waals surface area contributed by atoms with Gasteiger partial charge in [0.05, 0.1) is 19.0 Å². The van der Waals surface area contributed by atoms with Gasteiger partial charge in [0.15, 0.2) is 17.0 Å². The lowest BCUT2D eigenvalue weighted by atomic mass is 9.95. The summed E-state index contributed by atoms with van der Waals surface area (Å²) in [5, 5.41) is 12.8. The minimum Gasteiger partial charge on any atom is -0.394 e. The Morgan fingerprint density at radius 2 is 2.04 bits per heavy atom. The number of aliphatic hydroxyl groups is 1. The molecule has 3 heterocycles. The Labute approximate surface area is 140 Å². The third-order valence-corrected chi connectivity index (χ3v) is 4.98. The Balaban J connectivity index is 1.64. The number of imidazole rings is 1. The second-order valence-corrected chi connectivity index (χ2v) is 6.71. The molecule has 2 atom stereocenters. The standard InChI is InChI=1S/C16H24N6O2/c17-16-20-14(19-10-4-2-1-3-5-10)13-15(21-16)22(9-18-13)12-7-6-11(8-23)24-12/h9-12,23H,1-8H2,(H3,17,19,20,21)/t11-,12+/m0/s1. The maximum atomic E-state index is 9.26. The fourth-order valence-electron chi connectivity index (χ4n) is 3.71. The Morgan fingerprint density at radius 1 is 1.21 bits per heavy atom. The lowest BCUT2D eigenvalue weighted by Crippen LogP contribution is -2.23. The van der Waals surface area contributed by atoms with Gasteiger partial charge in [-0.3, -0.25) is 4.57 Å². The molecule has 1 aliphatic carbocycles. The molecular weight excluding hydrogens is 308 g/mol. The predicted molar refractivity (Wildman–Crippen MR) is 90.5 cm³/mol.